The quantitative estimate of drug-likeness (QED) is 0.783. The van der Waals surface area contributed by atoms with E-state index in [-0.39, 0.29) is 6.09 Å². The minimum Gasteiger partial charge on any atom is -0.492 e. The molecule has 140 valence electrons. The highest BCUT2D eigenvalue weighted by Crippen LogP contribution is 2.39. The van der Waals surface area contributed by atoms with E-state index in [1.807, 2.05) is 31.0 Å². The van der Waals surface area contributed by atoms with Crippen LogP contribution in [0.1, 0.15) is 25.3 Å². The Bertz CT molecular complexity index is 641. The Morgan fingerprint density at radius 1 is 1.27 bits per heavy atom. The number of hydrogen-bond acceptors (Lipinski definition) is 5. The number of rotatable bonds is 6. The zero-order chi connectivity index (χ0) is 18.5. The van der Waals surface area contributed by atoms with Gasteiger partial charge in [-0.3, -0.25) is 4.90 Å². The van der Waals surface area contributed by atoms with E-state index in [1.165, 1.54) is 12.8 Å². The Morgan fingerprint density at radius 3 is 2.50 bits per heavy atom. The number of carbonyl (C=O) groups is 1. The van der Waals surface area contributed by atoms with Crippen molar-refractivity contribution in [2.45, 2.75) is 25.8 Å². The molecule has 2 bridgehead atoms. The van der Waals surface area contributed by atoms with Crippen LogP contribution in [0.2, 0.25) is 0 Å². The molecule has 0 spiro atoms. The van der Waals surface area contributed by atoms with Gasteiger partial charge in [0.15, 0.2) is 0 Å². The van der Waals surface area contributed by atoms with E-state index in [0.717, 1.165) is 25.4 Å². The highest BCUT2D eigenvalue weighted by molar-refractivity contribution is 5.67. The first-order valence-corrected chi connectivity index (χ1v) is 9.37. The van der Waals surface area contributed by atoms with Crippen molar-refractivity contribution in [2.24, 2.45) is 11.8 Å². The predicted octanol–water partition coefficient (Wildman–Crippen LogP) is 2.74. The van der Waals surface area contributed by atoms with Crippen LogP contribution in [0.5, 0.6) is 5.75 Å². The third kappa shape index (κ3) is 4.10. The van der Waals surface area contributed by atoms with Gasteiger partial charge in [0, 0.05) is 32.7 Å². The van der Waals surface area contributed by atoms with E-state index >= 15 is 0 Å². The fourth-order valence-corrected chi connectivity index (χ4v) is 4.37. The Hall–Kier alpha value is -2.26. The lowest BCUT2D eigenvalue weighted by Gasteiger charge is -2.41. The van der Waals surface area contributed by atoms with Gasteiger partial charge >= 0.3 is 6.09 Å². The van der Waals surface area contributed by atoms with Crippen LogP contribution in [0.3, 0.4) is 0 Å². The second-order valence-corrected chi connectivity index (χ2v) is 7.14. The molecule has 0 aromatic heterocycles. The number of benzene rings is 1. The van der Waals surface area contributed by atoms with E-state index in [1.54, 1.807) is 12.1 Å². The van der Waals surface area contributed by atoms with Gasteiger partial charge in [-0.1, -0.05) is 0 Å². The fraction of sp³-hybridized carbons (Fsp3) is 0.600. The van der Waals surface area contributed by atoms with Gasteiger partial charge in [0.25, 0.3) is 0 Å². The molecular formula is C20H27N3O3. The number of piperidine rings is 1. The fourth-order valence-electron chi connectivity index (χ4n) is 4.37. The minimum absolute atomic E-state index is 0.202. The SMILES string of the molecule is CCOC(=O)N(C)C1C2CCC1CN(CCOc1ccc(C#N)cc1)C2. The van der Waals surface area contributed by atoms with Crippen LogP contribution in [0.15, 0.2) is 24.3 Å². The average molecular weight is 357 g/mol. The molecule has 1 saturated carbocycles. The maximum Gasteiger partial charge on any atom is 0.409 e. The number of nitrogens with zero attached hydrogens (tertiary/aromatic N) is 3. The van der Waals surface area contributed by atoms with Crippen LogP contribution in [0, 0.1) is 23.2 Å². The number of carbonyl (C=O) groups excluding carboxylic acids is 1. The average Bonchev–Trinajstić information content (AvgIpc) is 2.92. The summed E-state index contributed by atoms with van der Waals surface area (Å²) in [6.45, 7) is 5.77. The first-order chi connectivity index (χ1) is 12.6. The number of likely N-dealkylation sites (tertiary alicyclic amines) is 1. The molecule has 0 N–H and O–H groups in total. The summed E-state index contributed by atoms with van der Waals surface area (Å²) in [4.78, 5) is 16.3. The summed E-state index contributed by atoms with van der Waals surface area (Å²) >= 11 is 0. The molecule has 1 aromatic carbocycles. The summed E-state index contributed by atoms with van der Waals surface area (Å²) in [6, 6.07) is 9.62. The highest BCUT2D eigenvalue weighted by Gasteiger charge is 2.45. The van der Waals surface area contributed by atoms with Crippen molar-refractivity contribution in [1.29, 1.82) is 5.26 Å². The van der Waals surface area contributed by atoms with Gasteiger partial charge in [-0.2, -0.15) is 5.26 Å². The lowest BCUT2D eigenvalue weighted by molar-refractivity contribution is 0.0415. The molecule has 1 amide bonds. The van der Waals surface area contributed by atoms with Gasteiger partial charge < -0.3 is 14.4 Å². The molecule has 2 fully saturated rings. The summed E-state index contributed by atoms with van der Waals surface area (Å²) in [6.07, 6.45) is 2.14. The van der Waals surface area contributed by atoms with Crippen molar-refractivity contribution in [1.82, 2.24) is 9.80 Å². The summed E-state index contributed by atoms with van der Waals surface area (Å²) in [5, 5.41) is 8.83. The Labute approximate surface area is 155 Å². The van der Waals surface area contributed by atoms with E-state index in [2.05, 4.69) is 11.0 Å². The first-order valence-electron chi connectivity index (χ1n) is 9.37. The summed E-state index contributed by atoms with van der Waals surface area (Å²) in [5.41, 5.74) is 0.640. The minimum atomic E-state index is -0.202. The molecule has 26 heavy (non-hydrogen) atoms. The molecule has 6 heteroatoms. The standard InChI is InChI=1S/C20H27N3O3/c1-3-25-20(24)22(2)19-16-6-7-17(19)14-23(13-16)10-11-26-18-8-4-15(12-21)5-9-18/h4-5,8-9,16-17,19H,3,6-7,10-11,13-14H2,1-2H3. The van der Waals surface area contributed by atoms with E-state index in [9.17, 15) is 4.79 Å². The third-order valence-corrected chi connectivity index (χ3v) is 5.52. The van der Waals surface area contributed by atoms with E-state index < -0.39 is 0 Å². The van der Waals surface area contributed by atoms with Crippen LogP contribution < -0.4 is 4.74 Å². The van der Waals surface area contributed by atoms with Crippen LogP contribution in [0.25, 0.3) is 0 Å². The van der Waals surface area contributed by atoms with Gasteiger partial charge in [0.05, 0.1) is 18.2 Å². The van der Waals surface area contributed by atoms with E-state index in [0.29, 0.717) is 36.7 Å². The lowest BCUT2D eigenvalue weighted by Crippen LogP contribution is -2.53. The number of fused-ring (bicyclic) bond motifs is 2. The second kappa shape index (κ2) is 8.41. The molecule has 1 aliphatic carbocycles. The summed E-state index contributed by atoms with van der Waals surface area (Å²) in [7, 11) is 1.87. The summed E-state index contributed by atoms with van der Waals surface area (Å²) < 4.78 is 11.0. The first kappa shape index (κ1) is 18.5. The number of ether oxygens (including phenoxy) is 2. The van der Waals surface area contributed by atoms with Gasteiger partial charge in [-0.05, 0) is 55.9 Å². The van der Waals surface area contributed by atoms with Crippen LogP contribution >= 0.6 is 0 Å². The van der Waals surface area contributed by atoms with Crippen molar-refractivity contribution < 1.29 is 14.3 Å². The monoisotopic (exact) mass is 357 g/mol. The molecule has 1 aromatic rings. The number of hydrogen-bond donors (Lipinski definition) is 0. The topological polar surface area (TPSA) is 65.8 Å². The normalized spacial score (nSPS) is 24.7. The van der Waals surface area contributed by atoms with Crippen LogP contribution in [0.4, 0.5) is 4.79 Å². The zero-order valence-electron chi connectivity index (χ0n) is 15.6. The van der Waals surface area contributed by atoms with Crippen molar-refractivity contribution >= 4 is 6.09 Å². The molecule has 2 aliphatic rings. The molecule has 6 nitrogen and oxygen atoms in total. The summed E-state index contributed by atoms with van der Waals surface area (Å²) in [5.74, 6) is 1.82. The molecule has 1 saturated heterocycles. The predicted molar refractivity (Wildman–Crippen MR) is 97.9 cm³/mol. The number of nitriles is 1. The molecule has 2 unspecified atom stereocenters. The molecular weight excluding hydrogens is 330 g/mol. The Balaban J connectivity index is 1.48. The smallest absolute Gasteiger partial charge is 0.409 e. The second-order valence-electron chi connectivity index (χ2n) is 7.14. The van der Waals surface area contributed by atoms with E-state index in [4.69, 9.17) is 14.7 Å². The van der Waals surface area contributed by atoms with Gasteiger partial charge in [0.2, 0.25) is 0 Å². The maximum absolute atomic E-state index is 12.1. The van der Waals surface area contributed by atoms with Crippen molar-refractivity contribution in [3.05, 3.63) is 29.8 Å². The van der Waals surface area contributed by atoms with Gasteiger partial charge in [-0.25, -0.2) is 4.79 Å². The zero-order valence-corrected chi connectivity index (χ0v) is 15.6. The Morgan fingerprint density at radius 2 is 1.92 bits per heavy atom. The third-order valence-electron chi connectivity index (χ3n) is 5.52. The largest absolute Gasteiger partial charge is 0.492 e. The highest BCUT2D eigenvalue weighted by atomic mass is 16.6. The van der Waals surface area contributed by atoms with Gasteiger partial charge in [-0.15, -0.1) is 0 Å². The molecule has 3 rings (SSSR count). The molecule has 2 atom stereocenters. The Kier molecular flexibility index (Phi) is 6.00. The number of amides is 1. The molecule has 1 heterocycles. The van der Waals surface area contributed by atoms with Gasteiger partial charge in [0.1, 0.15) is 12.4 Å². The maximum atomic E-state index is 12.1. The molecule has 0 radical (unpaired) electrons. The van der Waals surface area contributed by atoms with Crippen molar-refractivity contribution in [3.8, 4) is 11.8 Å². The van der Waals surface area contributed by atoms with Crippen LogP contribution in [-0.4, -0.2) is 61.8 Å². The van der Waals surface area contributed by atoms with Crippen molar-refractivity contribution in [3.63, 3.8) is 0 Å². The molecule has 1 aliphatic heterocycles. The van der Waals surface area contributed by atoms with Crippen molar-refractivity contribution in [2.75, 3.05) is 39.9 Å². The lowest BCUT2D eigenvalue weighted by atomic mass is 9.91. The van der Waals surface area contributed by atoms with Crippen LogP contribution in [-0.2, 0) is 4.74 Å².